The maximum absolute atomic E-state index is 12.2. The summed E-state index contributed by atoms with van der Waals surface area (Å²) in [6, 6.07) is 2.82. The highest BCUT2D eigenvalue weighted by atomic mass is 16.6. The lowest BCUT2D eigenvalue weighted by molar-refractivity contribution is -0.384. The first-order chi connectivity index (χ1) is 11.2. The molecule has 1 aromatic heterocycles. The Hall–Kier alpha value is -2.58. The quantitative estimate of drug-likeness (QED) is 0.641. The van der Waals surface area contributed by atoms with Gasteiger partial charge in [-0.3, -0.25) is 10.1 Å². The van der Waals surface area contributed by atoms with Gasteiger partial charge in [-0.15, -0.1) is 0 Å². The number of ether oxygens (including phenoxy) is 1. The van der Waals surface area contributed by atoms with Crippen molar-refractivity contribution in [3.8, 4) is 0 Å². The van der Waals surface area contributed by atoms with Crippen LogP contribution in [0.25, 0.3) is 0 Å². The molecular formula is C15H23N5O4. The van der Waals surface area contributed by atoms with Gasteiger partial charge in [-0.05, 0) is 39.7 Å². The Morgan fingerprint density at radius 2 is 2.21 bits per heavy atom. The summed E-state index contributed by atoms with van der Waals surface area (Å²) >= 11 is 0. The predicted molar refractivity (Wildman–Crippen MR) is 89.8 cm³/mol. The topological polar surface area (TPSA) is 124 Å². The van der Waals surface area contributed by atoms with Gasteiger partial charge in [0.25, 0.3) is 0 Å². The number of hydrogen-bond donors (Lipinski definition) is 2. The first-order valence-electron chi connectivity index (χ1n) is 7.81. The lowest BCUT2D eigenvalue weighted by Gasteiger charge is -2.34. The fraction of sp³-hybridized carbons (Fsp3) is 0.600. The highest BCUT2D eigenvalue weighted by Crippen LogP contribution is 2.23. The van der Waals surface area contributed by atoms with E-state index in [4.69, 9.17) is 10.5 Å². The summed E-state index contributed by atoms with van der Waals surface area (Å²) in [7, 11) is 0. The van der Waals surface area contributed by atoms with E-state index in [1.165, 1.54) is 12.1 Å². The zero-order valence-corrected chi connectivity index (χ0v) is 14.1. The lowest BCUT2D eigenvalue weighted by Crippen LogP contribution is -2.47. The van der Waals surface area contributed by atoms with Crippen LogP contribution in [-0.4, -0.2) is 45.6 Å². The van der Waals surface area contributed by atoms with Crippen molar-refractivity contribution in [1.29, 1.82) is 0 Å². The average molecular weight is 337 g/mol. The van der Waals surface area contributed by atoms with Crippen LogP contribution in [0, 0.1) is 10.1 Å². The van der Waals surface area contributed by atoms with Crippen LogP contribution in [0.3, 0.4) is 0 Å². The van der Waals surface area contributed by atoms with Gasteiger partial charge < -0.3 is 20.7 Å². The van der Waals surface area contributed by atoms with Crippen molar-refractivity contribution >= 4 is 23.4 Å². The smallest absolute Gasteiger partial charge is 0.410 e. The molecule has 9 heteroatoms. The standard InChI is InChI=1S/C15H23N5O4/c1-15(2,3)24-14(21)19-8-4-5-10(9-19)17-12-7-6-11(20(22)23)13(16)18-12/h6-7,10H,4-5,8-9H2,1-3H3,(H3,16,17,18). The number of piperidine rings is 1. The molecule has 1 saturated heterocycles. The van der Waals surface area contributed by atoms with Crippen LogP contribution in [0.4, 0.5) is 22.1 Å². The van der Waals surface area contributed by atoms with Crippen LogP contribution < -0.4 is 11.1 Å². The number of amides is 1. The maximum atomic E-state index is 12.2. The Balaban J connectivity index is 1.99. The average Bonchev–Trinajstić information content (AvgIpc) is 2.45. The van der Waals surface area contributed by atoms with Gasteiger partial charge in [-0.2, -0.15) is 0 Å². The normalized spacial score (nSPS) is 18.1. The Labute approximate surface area is 140 Å². The molecule has 24 heavy (non-hydrogen) atoms. The van der Waals surface area contributed by atoms with E-state index in [1.807, 2.05) is 20.8 Å². The van der Waals surface area contributed by atoms with Crippen molar-refractivity contribution in [2.24, 2.45) is 0 Å². The maximum Gasteiger partial charge on any atom is 0.410 e. The van der Waals surface area contributed by atoms with Gasteiger partial charge in [0.1, 0.15) is 11.4 Å². The lowest BCUT2D eigenvalue weighted by atomic mass is 10.1. The second kappa shape index (κ2) is 6.90. The second-order valence-corrected chi connectivity index (χ2v) is 6.77. The zero-order valence-electron chi connectivity index (χ0n) is 14.1. The summed E-state index contributed by atoms with van der Waals surface area (Å²) in [5, 5.41) is 13.9. The third-order valence-corrected chi connectivity index (χ3v) is 3.52. The van der Waals surface area contributed by atoms with Gasteiger partial charge >= 0.3 is 11.8 Å². The number of anilines is 2. The molecule has 1 fully saturated rings. The number of nitro groups is 1. The summed E-state index contributed by atoms with van der Waals surface area (Å²) in [6.07, 6.45) is 1.35. The first-order valence-corrected chi connectivity index (χ1v) is 7.81. The van der Waals surface area contributed by atoms with E-state index < -0.39 is 10.5 Å². The molecule has 0 aliphatic carbocycles. The predicted octanol–water partition coefficient (Wildman–Crippen LogP) is 2.38. The number of hydrogen-bond acceptors (Lipinski definition) is 7. The number of nitrogens with two attached hydrogens (primary N) is 1. The number of nitrogens with zero attached hydrogens (tertiary/aromatic N) is 3. The molecule has 0 radical (unpaired) electrons. The minimum absolute atomic E-state index is 0.0142. The Morgan fingerprint density at radius 1 is 1.50 bits per heavy atom. The summed E-state index contributed by atoms with van der Waals surface area (Å²) in [6.45, 7) is 6.60. The van der Waals surface area contributed by atoms with Crippen molar-refractivity contribution < 1.29 is 14.5 Å². The number of rotatable bonds is 3. The van der Waals surface area contributed by atoms with Gasteiger partial charge in [-0.1, -0.05) is 0 Å². The van der Waals surface area contributed by atoms with Crippen LogP contribution in [0.5, 0.6) is 0 Å². The number of pyridine rings is 1. The summed E-state index contributed by atoms with van der Waals surface area (Å²) in [5.74, 6) is 0.318. The molecule has 0 bridgehead atoms. The van der Waals surface area contributed by atoms with Gasteiger partial charge in [0.05, 0.1) is 4.92 Å². The van der Waals surface area contributed by atoms with E-state index in [2.05, 4.69) is 10.3 Å². The minimum Gasteiger partial charge on any atom is -0.444 e. The molecule has 3 N–H and O–H groups in total. The van der Waals surface area contributed by atoms with Crippen LogP contribution in [-0.2, 0) is 4.74 Å². The van der Waals surface area contributed by atoms with Crippen LogP contribution in [0.15, 0.2) is 12.1 Å². The highest BCUT2D eigenvalue weighted by molar-refractivity contribution is 5.68. The van der Waals surface area contributed by atoms with Crippen molar-refractivity contribution in [1.82, 2.24) is 9.88 Å². The molecule has 0 saturated carbocycles. The number of nitrogens with one attached hydrogen (secondary N) is 1. The summed E-state index contributed by atoms with van der Waals surface area (Å²) < 4.78 is 5.39. The van der Waals surface area contributed by atoms with Crippen molar-refractivity contribution in [3.63, 3.8) is 0 Å². The number of aromatic nitrogens is 1. The highest BCUT2D eigenvalue weighted by Gasteiger charge is 2.28. The second-order valence-electron chi connectivity index (χ2n) is 6.77. The summed E-state index contributed by atoms with van der Waals surface area (Å²) in [5.41, 5.74) is 4.84. The summed E-state index contributed by atoms with van der Waals surface area (Å²) in [4.78, 5) is 28.0. The molecule has 1 aliphatic rings. The zero-order chi connectivity index (χ0) is 17.9. The third kappa shape index (κ3) is 4.71. The molecule has 2 heterocycles. The monoisotopic (exact) mass is 337 g/mol. The molecule has 1 amide bonds. The van der Waals surface area contributed by atoms with Gasteiger partial charge in [0.2, 0.25) is 5.82 Å². The molecule has 1 aromatic rings. The fourth-order valence-corrected chi connectivity index (χ4v) is 2.50. The van der Waals surface area contributed by atoms with Crippen LogP contribution in [0.1, 0.15) is 33.6 Å². The largest absolute Gasteiger partial charge is 0.444 e. The van der Waals surface area contributed by atoms with Crippen molar-refractivity contribution in [2.45, 2.75) is 45.3 Å². The number of nitrogen functional groups attached to an aromatic ring is 1. The Morgan fingerprint density at radius 3 is 2.79 bits per heavy atom. The van der Waals surface area contributed by atoms with Crippen LogP contribution in [0.2, 0.25) is 0 Å². The number of likely N-dealkylation sites (tertiary alicyclic amines) is 1. The van der Waals surface area contributed by atoms with Crippen molar-refractivity contribution in [2.75, 3.05) is 24.1 Å². The third-order valence-electron chi connectivity index (χ3n) is 3.52. The molecule has 132 valence electrons. The molecule has 1 unspecified atom stereocenters. The van der Waals surface area contributed by atoms with E-state index in [9.17, 15) is 14.9 Å². The minimum atomic E-state index is -0.572. The van der Waals surface area contributed by atoms with Gasteiger partial charge in [0.15, 0.2) is 0 Å². The molecule has 1 aliphatic heterocycles. The molecule has 0 aromatic carbocycles. The van der Waals surface area contributed by atoms with E-state index >= 15 is 0 Å². The van der Waals surface area contributed by atoms with Gasteiger partial charge in [-0.25, -0.2) is 9.78 Å². The van der Waals surface area contributed by atoms with E-state index in [0.717, 1.165) is 12.8 Å². The fourth-order valence-electron chi connectivity index (χ4n) is 2.50. The molecule has 0 spiro atoms. The number of carbonyl (C=O) groups excluding carboxylic acids is 1. The number of carbonyl (C=O) groups is 1. The first kappa shape index (κ1) is 17.8. The Bertz CT molecular complexity index is 629. The van der Waals surface area contributed by atoms with Gasteiger partial charge in [0, 0.05) is 25.2 Å². The molecule has 1 atom stereocenters. The molecule has 2 rings (SSSR count). The Kier molecular flexibility index (Phi) is 5.10. The molecule has 9 nitrogen and oxygen atoms in total. The van der Waals surface area contributed by atoms with Crippen molar-refractivity contribution in [3.05, 3.63) is 22.2 Å². The van der Waals surface area contributed by atoms with E-state index in [0.29, 0.717) is 18.9 Å². The van der Waals surface area contributed by atoms with E-state index in [1.54, 1.807) is 4.90 Å². The van der Waals surface area contributed by atoms with Crippen LogP contribution >= 0.6 is 0 Å². The van der Waals surface area contributed by atoms with E-state index in [-0.39, 0.29) is 23.6 Å². The SMILES string of the molecule is CC(C)(C)OC(=O)N1CCCC(Nc2ccc([N+](=O)[O-])c(N)n2)C1. The molecular weight excluding hydrogens is 314 g/mol.